The third-order valence-corrected chi connectivity index (χ3v) is 5.03. The van der Waals surface area contributed by atoms with Gasteiger partial charge in [0, 0.05) is 44.0 Å². The summed E-state index contributed by atoms with van der Waals surface area (Å²) in [5, 5.41) is 5.32. The molecule has 0 aliphatic carbocycles. The molecule has 2 aliphatic heterocycles. The third kappa shape index (κ3) is 6.60. The molecule has 0 bridgehead atoms. The van der Waals surface area contributed by atoms with Gasteiger partial charge in [-0.25, -0.2) is 0 Å². The minimum absolute atomic E-state index is 0.0192. The summed E-state index contributed by atoms with van der Waals surface area (Å²) in [7, 11) is 0. The Kier molecular flexibility index (Phi) is 6.96. The fourth-order valence-electron chi connectivity index (χ4n) is 3.66. The van der Waals surface area contributed by atoms with Crippen LogP contribution in [0, 0.1) is 0 Å². The molecule has 1 aromatic carbocycles. The molecule has 2 fully saturated rings. The van der Waals surface area contributed by atoms with Crippen molar-refractivity contribution in [2.45, 2.75) is 37.7 Å². The molecule has 0 unspecified atom stereocenters. The Morgan fingerprint density at radius 2 is 1.97 bits per heavy atom. The van der Waals surface area contributed by atoms with E-state index in [-0.39, 0.29) is 24.1 Å². The number of alkyl halides is 3. The summed E-state index contributed by atoms with van der Waals surface area (Å²) in [4.78, 5) is 26.6. The zero-order chi connectivity index (χ0) is 20.9. The van der Waals surface area contributed by atoms with Gasteiger partial charge in [0.25, 0.3) is 5.91 Å². The Morgan fingerprint density at radius 1 is 1.21 bits per heavy atom. The van der Waals surface area contributed by atoms with E-state index >= 15 is 0 Å². The molecular weight excluding hydrogens is 391 g/mol. The maximum atomic E-state index is 12.3. The van der Waals surface area contributed by atoms with Gasteiger partial charge >= 0.3 is 6.36 Å². The van der Waals surface area contributed by atoms with Crippen molar-refractivity contribution >= 4 is 11.8 Å². The van der Waals surface area contributed by atoms with Crippen LogP contribution in [0.15, 0.2) is 24.3 Å². The number of hydrogen-bond donors (Lipinski definition) is 2. The van der Waals surface area contributed by atoms with E-state index in [0.29, 0.717) is 6.04 Å². The zero-order valence-corrected chi connectivity index (χ0v) is 15.8. The van der Waals surface area contributed by atoms with Gasteiger partial charge in [-0.2, -0.15) is 0 Å². The molecule has 2 aliphatic rings. The molecule has 2 heterocycles. The van der Waals surface area contributed by atoms with Crippen LogP contribution in [0.1, 0.15) is 29.6 Å². The molecule has 0 radical (unpaired) electrons. The van der Waals surface area contributed by atoms with Crippen LogP contribution >= 0.6 is 0 Å². The van der Waals surface area contributed by atoms with Crippen LogP contribution in [0.25, 0.3) is 0 Å². The quantitative estimate of drug-likeness (QED) is 0.739. The number of hydrogen-bond acceptors (Lipinski definition) is 5. The Balaban J connectivity index is 1.42. The van der Waals surface area contributed by atoms with Crippen molar-refractivity contribution in [1.82, 2.24) is 15.5 Å². The van der Waals surface area contributed by atoms with Crippen LogP contribution in [-0.4, -0.2) is 68.0 Å². The van der Waals surface area contributed by atoms with Gasteiger partial charge in [-0.3, -0.25) is 14.5 Å². The molecule has 29 heavy (non-hydrogen) atoms. The van der Waals surface area contributed by atoms with E-state index in [4.69, 9.17) is 4.74 Å². The second-order valence-corrected chi connectivity index (χ2v) is 7.15. The Labute approximate surface area is 166 Å². The highest BCUT2D eigenvalue weighted by Crippen LogP contribution is 2.23. The predicted octanol–water partition coefficient (Wildman–Crippen LogP) is 1.68. The first-order valence-electron chi connectivity index (χ1n) is 9.55. The lowest BCUT2D eigenvalue weighted by molar-refractivity contribution is -0.274. The molecule has 0 saturated carbocycles. The largest absolute Gasteiger partial charge is 0.573 e. The highest BCUT2D eigenvalue weighted by molar-refractivity contribution is 5.96. The summed E-state index contributed by atoms with van der Waals surface area (Å²) in [6, 6.07) is 5.20. The highest BCUT2D eigenvalue weighted by Gasteiger charge is 2.31. The number of amides is 2. The molecular formula is C19H24F3N3O4. The molecule has 1 atom stereocenters. The van der Waals surface area contributed by atoms with Gasteiger partial charge in [-0.1, -0.05) is 6.07 Å². The first-order chi connectivity index (χ1) is 13.8. The van der Waals surface area contributed by atoms with Gasteiger partial charge in [0.2, 0.25) is 5.91 Å². The van der Waals surface area contributed by atoms with E-state index in [1.54, 1.807) is 0 Å². The van der Waals surface area contributed by atoms with Crippen LogP contribution in [0.3, 0.4) is 0 Å². The molecule has 0 spiro atoms. The number of ether oxygens (including phenoxy) is 2. The first-order valence-corrected chi connectivity index (χ1v) is 9.55. The van der Waals surface area contributed by atoms with Gasteiger partial charge in [-0.15, -0.1) is 13.2 Å². The number of likely N-dealkylation sites (tertiary alicyclic amines) is 1. The topological polar surface area (TPSA) is 79.9 Å². The van der Waals surface area contributed by atoms with Crippen LogP contribution in [0.5, 0.6) is 5.75 Å². The third-order valence-electron chi connectivity index (χ3n) is 5.03. The van der Waals surface area contributed by atoms with Crippen LogP contribution in [0.2, 0.25) is 0 Å². The number of carbonyl (C=O) groups excluding carboxylic acids is 2. The number of nitrogens with one attached hydrogen (secondary N) is 2. The summed E-state index contributed by atoms with van der Waals surface area (Å²) in [6.45, 7) is 2.95. The van der Waals surface area contributed by atoms with Crippen molar-refractivity contribution in [3.63, 3.8) is 0 Å². The summed E-state index contributed by atoms with van der Waals surface area (Å²) >= 11 is 0. The second-order valence-electron chi connectivity index (χ2n) is 7.15. The molecule has 160 valence electrons. The van der Waals surface area contributed by atoms with Crippen LogP contribution in [-0.2, 0) is 9.53 Å². The molecule has 0 aromatic heterocycles. The fraction of sp³-hybridized carbons (Fsp3) is 0.579. The van der Waals surface area contributed by atoms with E-state index in [2.05, 4.69) is 20.3 Å². The van der Waals surface area contributed by atoms with Crippen LogP contribution in [0.4, 0.5) is 13.2 Å². The molecule has 3 rings (SSSR count). The number of rotatable bonds is 6. The van der Waals surface area contributed by atoms with E-state index in [9.17, 15) is 22.8 Å². The predicted molar refractivity (Wildman–Crippen MR) is 97.4 cm³/mol. The van der Waals surface area contributed by atoms with Gasteiger partial charge in [0.15, 0.2) is 0 Å². The molecule has 7 nitrogen and oxygen atoms in total. The molecule has 2 amide bonds. The Morgan fingerprint density at radius 3 is 2.69 bits per heavy atom. The average Bonchev–Trinajstić information content (AvgIpc) is 3.14. The number of carbonyl (C=O) groups is 2. The first kappa shape index (κ1) is 21.4. The number of nitrogens with zero attached hydrogens (tertiary/aromatic N) is 1. The molecule has 2 N–H and O–H groups in total. The van der Waals surface area contributed by atoms with E-state index in [1.807, 2.05) is 0 Å². The molecule has 2 saturated heterocycles. The highest BCUT2D eigenvalue weighted by atomic mass is 19.4. The summed E-state index contributed by atoms with van der Waals surface area (Å²) in [5.41, 5.74) is -0.0221. The lowest BCUT2D eigenvalue weighted by Crippen LogP contribution is -2.44. The minimum atomic E-state index is -4.84. The monoisotopic (exact) mass is 415 g/mol. The van der Waals surface area contributed by atoms with Crippen molar-refractivity contribution in [1.29, 1.82) is 0 Å². The SMILES string of the molecule is O=C(CNC(=O)c1cccc(OC(F)(F)F)c1)N[C@@H]1CCN(C2CCOCC2)C1. The van der Waals surface area contributed by atoms with E-state index in [1.165, 1.54) is 12.1 Å². The second kappa shape index (κ2) is 9.45. The maximum Gasteiger partial charge on any atom is 0.573 e. The van der Waals surface area contributed by atoms with Gasteiger partial charge in [0.05, 0.1) is 6.54 Å². The summed E-state index contributed by atoms with van der Waals surface area (Å²) < 4.78 is 46.0. The summed E-state index contributed by atoms with van der Waals surface area (Å²) in [6.07, 6.45) is -2.01. The molecule has 10 heteroatoms. The Hall–Kier alpha value is -2.33. The van der Waals surface area contributed by atoms with Crippen molar-refractivity contribution in [2.24, 2.45) is 0 Å². The minimum Gasteiger partial charge on any atom is -0.406 e. The number of benzene rings is 1. The van der Waals surface area contributed by atoms with Gasteiger partial charge < -0.3 is 20.1 Å². The van der Waals surface area contributed by atoms with Crippen molar-refractivity contribution in [3.05, 3.63) is 29.8 Å². The maximum absolute atomic E-state index is 12.3. The lowest BCUT2D eigenvalue weighted by atomic mass is 10.1. The summed E-state index contributed by atoms with van der Waals surface area (Å²) in [5.74, 6) is -1.48. The number of halogens is 3. The Bertz CT molecular complexity index is 723. The average molecular weight is 415 g/mol. The van der Waals surface area contributed by atoms with Crippen molar-refractivity contribution in [2.75, 3.05) is 32.8 Å². The van der Waals surface area contributed by atoms with Gasteiger partial charge in [-0.05, 0) is 37.5 Å². The lowest BCUT2D eigenvalue weighted by Gasteiger charge is -2.31. The van der Waals surface area contributed by atoms with Crippen molar-refractivity contribution < 1.29 is 32.2 Å². The smallest absolute Gasteiger partial charge is 0.406 e. The standard InChI is InChI=1S/C19H24F3N3O4/c20-19(21,22)29-16-3-1-2-13(10-16)18(27)23-11-17(26)24-14-4-7-25(12-14)15-5-8-28-9-6-15/h1-3,10,14-15H,4-9,11-12H2,(H,23,27)(H,24,26)/t14-/m1/s1. The normalized spacial score (nSPS) is 21.0. The fourth-order valence-corrected chi connectivity index (χ4v) is 3.66. The van der Waals surface area contributed by atoms with Crippen molar-refractivity contribution in [3.8, 4) is 5.75 Å². The van der Waals surface area contributed by atoms with E-state index in [0.717, 1.165) is 57.7 Å². The zero-order valence-electron chi connectivity index (χ0n) is 15.8. The van der Waals surface area contributed by atoms with Gasteiger partial charge in [0.1, 0.15) is 5.75 Å². The van der Waals surface area contributed by atoms with Crippen LogP contribution < -0.4 is 15.4 Å². The molecule has 1 aromatic rings. The van der Waals surface area contributed by atoms with E-state index < -0.39 is 18.0 Å².